The van der Waals surface area contributed by atoms with Crippen LogP contribution in [0.3, 0.4) is 0 Å². The van der Waals surface area contributed by atoms with Gasteiger partial charge >= 0.3 is 0 Å². The summed E-state index contributed by atoms with van der Waals surface area (Å²) in [6.45, 7) is 4.59. The normalized spacial score (nSPS) is 12.1. The lowest BCUT2D eigenvalue weighted by Crippen LogP contribution is -2.49. The number of nitrogens with zero attached hydrogens (tertiary/aromatic N) is 2. The Labute approximate surface area is 208 Å². The van der Waals surface area contributed by atoms with Crippen LogP contribution in [0.15, 0.2) is 54.6 Å². The lowest BCUT2D eigenvalue weighted by Gasteiger charge is -2.29. The zero-order valence-electron chi connectivity index (χ0n) is 20.7. The maximum absolute atomic E-state index is 14.2. The number of hydrogen-bond donors (Lipinski definition) is 1. The van der Waals surface area contributed by atoms with Crippen LogP contribution in [0.5, 0.6) is 0 Å². The van der Waals surface area contributed by atoms with Gasteiger partial charge in [0, 0.05) is 26.1 Å². The van der Waals surface area contributed by atoms with Gasteiger partial charge in [0.1, 0.15) is 11.9 Å². The second kappa shape index (κ2) is 13.8. The average Bonchev–Trinajstić information content (AvgIpc) is 2.82. The van der Waals surface area contributed by atoms with Gasteiger partial charge in [-0.25, -0.2) is 12.8 Å². The summed E-state index contributed by atoms with van der Waals surface area (Å²) >= 11 is 0. The number of hydrogen-bond acceptors (Lipinski definition) is 4. The summed E-state index contributed by atoms with van der Waals surface area (Å²) in [6.07, 6.45) is 3.62. The molecule has 0 bridgehead atoms. The maximum atomic E-state index is 14.2. The summed E-state index contributed by atoms with van der Waals surface area (Å²) in [5, 5.41) is 2.88. The molecule has 0 aromatic heterocycles. The first-order chi connectivity index (χ1) is 16.6. The van der Waals surface area contributed by atoms with Crippen molar-refractivity contribution in [1.82, 2.24) is 10.2 Å². The lowest BCUT2D eigenvalue weighted by atomic mass is 10.1. The van der Waals surface area contributed by atoms with E-state index < -0.39 is 21.9 Å². The topological polar surface area (TPSA) is 86.8 Å². The standard InChI is InChI=1S/C26H36FN3O4S/c1-4-5-18-28-26(32)21(2)29(20-17-22-12-7-6-8-13-22)25(31)16-11-19-30(35(3,33)34)24-15-10-9-14-23(24)27/h6-10,12-15,21H,4-5,11,16-20H2,1-3H3,(H,28,32)/t21-/m0/s1. The number of benzene rings is 2. The number of amides is 2. The van der Waals surface area contributed by atoms with Crippen molar-refractivity contribution in [2.45, 2.75) is 52.0 Å². The van der Waals surface area contributed by atoms with Gasteiger partial charge in [-0.3, -0.25) is 13.9 Å². The molecule has 9 heteroatoms. The van der Waals surface area contributed by atoms with Crippen LogP contribution in [0, 0.1) is 5.82 Å². The average molecular weight is 506 g/mol. The number of rotatable bonds is 14. The van der Waals surface area contributed by atoms with E-state index in [9.17, 15) is 22.4 Å². The largest absolute Gasteiger partial charge is 0.354 e. The summed E-state index contributed by atoms with van der Waals surface area (Å²) in [7, 11) is -3.74. The molecule has 0 unspecified atom stereocenters. The van der Waals surface area contributed by atoms with Gasteiger partial charge in [-0.1, -0.05) is 55.8 Å². The van der Waals surface area contributed by atoms with Crippen LogP contribution in [0.2, 0.25) is 0 Å². The number of unbranched alkanes of at least 4 members (excludes halogenated alkanes) is 1. The van der Waals surface area contributed by atoms with Crippen molar-refractivity contribution in [3.63, 3.8) is 0 Å². The maximum Gasteiger partial charge on any atom is 0.242 e. The predicted octanol–water partition coefficient (Wildman–Crippen LogP) is 3.75. The molecular formula is C26H36FN3O4S. The van der Waals surface area contributed by atoms with E-state index in [0.29, 0.717) is 19.5 Å². The molecule has 35 heavy (non-hydrogen) atoms. The highest BCUT2D eigenvalue weighted by atomic mass is 32.2. The molecule has 2 rings (SSSR count). The number of carbonyl (C=O) groups is 2. The van der Waals surface area contributed by atoms with Gasteiger partial charge in [0.15, 0.2) is 0 Å². The van der Waals surface area contributed by atoms with Crippen LogP contribution in [0.1, 0.15) is 45.1 Å². The van der Waals surface area contributed by atoms with Crippen molar-refractivity contribution in [2.75, 3.05) is 30.2 Å². The third kappa shape index (κ3) is 8.98. The molecule has 192 valence electrons. The molecule has 0 spiro atoms. The van der Waals surface area contributed by atoms with Gasteiger partial charge in [-0.2, -0.15) is 0 Å². The molecule has 1 N–H and O–H groups in total. The van der Waals surface area contributed by atoms with E-state index >= 15 is 0 Å². The SMILES string of the molecule is CCCCNC(=O)[C@H](C)N(CCc1ccccc1)C(=O)CCCN(c1ccccc1F)S(C)(=O)=O. The number of carbonyl (C=O) groups excluding carboxylic acids is 2. The third-order valence-corrected chi connectivity index (χ3v) is 6.93. The summed E-state index contributed by atoms with van der Waals surface area (Å²) in [5.41, 5.74) is 0.999. The van der Waals surface area contributed by atoms with Crippen LogP contribution in [0.4, 0.5) is 10.1 Å². The van der Waals surface area contributed by atoms with Crippen molar-refractivity contribution < 1.29 is 22.4 Å². The molecule has 0 aliphatic rings. The zero-order valence-corrected chi connectivity index (χ0v) is 21.6. The quantitative estimate of drug-likeness (QED) is 0.396. The molecule has 0 radical (unpaired) electrons. The van der Waals surface area contributed by atoms with Crippen molar-refractivity contribution in [3.8, 4) is 0 Å². The number of sulfonamides is 1. The van der Waals surface area contributed by atoms with E-state index in [-0.39, 0.29) is 36.9 Å². The first kappa shape index (κ1) is 28.3. The number of nitrogens with one attached hydrogen (secondary N) is 1. The van der Waals surface area contributed by atoms with Crippen molar-refractivity contribution in [2.24, 2.45) is 0 Å². The number of halogens is 1. The van der Waals surface area contributed by atoms with Crippen LogP contribution in [0.25, 0.3) is 0 Å². The molecule has 2 aromatic rings. The Bertz CT molecular complexity index is 1060. The van der Waals surface area contributed by atoms with Crippen LogP contribution in [-0.2, 0) is 26.0 Å². The van der Waals surface area contributed by atoms with Crippen molar-refractivity contribution in [3.05, 3.63) is 66.0 Å². The Kier molecular flexibility index (Phi) is 11.2. The third-order valence-electron chi connectivity index (χ3n) is 5.75. The molecule has 2 aromatic carbocycles. The molecule has 0 fully saturated rings. The van der Waals surface area contributed by atoms with E-state index in [2.05, 4.69) is 5.32 Å². The van der Waals surface area contributed by atoms with Gasteiger partial charge in [0.25, 0.3) is 0 Å². The summed E-state index contributed by atoms with van der Waals surface area (Å²) in [6, 6.07) is 14.7. The summed E-state index contributed by atoms with van der Waals surface area (Å²) in [4.78, 5) is 27.4. The minimum absolute atomic E-state index is 0.0296. The highest BCUT2D eigenvalue weighted by Crippen LogP contribution is 2.22. The Balaban J connectivity index is 2.09. The molecule has 0 saturated heterocycles. The van der Waals surface area contributed by atoms with E-state index in [1.54, 1.807) is 17.9 Å². The number of para-hydroxylation sites is 1. The second-order valence-corrected chi connectivity index (χ2v) is 10.4. The fraction of sp³-hybridized carbons (Fsp3) is 0.462. The van der Waals surface area contributed by atoms with E-state index in [1.807, 2.05) is 37.3 Å². The molecule has 0 aliphatic carbocycles. The first-order valence-corrected chi connectivity index (χ1v) is 13.8. The lowest BCUT2D eigenvalue weighted by molar-refractivity contribution is -0.139. The van der Waals surface area contributed by atoms with Gasteiger partial charge in [0.2, 0.25) is 21.8 Å². The predicted molar refractivity (Wildman–Crippen MR) is 137 cm³/mol. The summed E-state index contributed by atoms with van der Waals surface area (Å²) < 4.78 is 39.8. The minimum atomic E-state index is -3.74. The van der Waals surface area contributed by atoms with E-state index in [1.165, 1.54) is 18.2 Å². The fourth-order valence-corrected chi connectivity index (χ4v) is 4.71. The first-order valence-electron chi connectivity index (χ1n) is 12.0. The summed E-state index contributed by atoms with van der Waals surface area (Å²) in [5.74, 6) is -1.11. The smallest absolute Gasteiger partial charge is 0.242 e. The Morgan fingerprint density at radius 1 is 1.00 bits per heavy atom. The molecule has 1 atom stereocenters. The highest BCUT2D eigenvalue weighted by Gasteiger charge is 2.26. The van der Waals surface area contributed by atoms with Gasteiger partial charge in [-0.15, -0.1) is 0 Å². The minimum Gasteiger partial charge on any atom is -0.354 e. The Hall–Kier alpha value is -2.94. The molecule has 0 aliphatic heterocycles. The van der Waals surface area contributed by atoms with E-state index in [4.69, 9.17) is 0 Å². The molecule has 0 saturated carbocycles. The van der Waals surface area contributed by atoms with Crippen LogP contribution < -0.4 is 9.62 Å². The Morgan fingerprint density at radius 3 is 2.29 bits per heavy atom. The van der Waals surface area contributed by atoms with E-state index in [0.717, 1.165) is 29.0 Å². The Morgan fingerprint density at radius 2 is 1.66 bits per heavy atom. The molecule has 7 nitrogen and oxygen atoms in total. The van der Waals surface area contributed by atoms with Gasteiger partial charge in [-0.05, 0) is 43.9 Å². The molecule has 0 heterocycles. The molecular weight excluding hydrogens is 469 g/mol. The highest BCUT2D eigenvalue weighted by molar-refractivity contribution is 7.92. The fourth-order valence-electron chi connectivity index (χ4n) is 3.74. The van der Waals surface area contributed by atoms with Gasteiger partial charge in [0.05, 0.1) is 11.9 Å². The second-order valence-electron chi connectivity index (χ2n) is 8.53. The van der Waals surface area contributed by atoms with Crippen LogP contribution >= 0.6 is 0 Å². The van der Waals surface area contributed by atoms with Gasteiger partial charge < -0.3 is 10.2 Å². The molecule has 2 amide bonds. The van der Waals surface area contributed by atoms with Crippen LogP contribution in [-0.4, -0.2) is 57.1 Å². The number of anilines is 1. The van der Waals surface area contributed by atoms with Crippen molar-refractivity contribution >= 4 is 27.5 Å². The monoisotopic (exact) mass is 505 g/mol. The van der Waals surface area contributed by atoms with Crippen molar-refractivity contribution in [1.29, 1.82) is 0 Å². The zero-order chi connectivity index (χ0) is 25.8.